The van der Waals surface area contributed by atoms with Crippen molar-refractivity contribution in [2.24, 2.45) is 23.7 Å². The van der Waals surface area contributed by atoms with E-state index in [9.17, 15) is 9.59 Å². The van der Waals surface area contributed by atoms with Crippen LogP contribution in [0.5, 0.6) is 0 Å². The Balaban J connectivity index is 1.30. The summed E-state index contributed by atoms with van der Waals surface area (Å²) in [6.45, 7) is 12.7. The average molecular weight is 674 g/mol. The molecule has 13 heteroatoms. The highest BCUT2D eigenvalue weighted by molar-refractivity contribution is 5.87. The quantitative estimate of drug-likeness (QED) is 0.340. The molecule has 3 saturated heterocycles. The SMILES string of the molecule is C=CC(=O)N1CCN(C2NC(=O)N3C4NC(C(F)CC42)C2C(F)CCCC2N2C=C(CCN(C)C4CCCC(C(C)C)C43)NN2)[C@@H](C)C1. The normalized spacial score (nSPS) is 42.6. The van der Waals surface area contributed by atoms with Crippen LogP contribution in [0.3, 0.4) is 0 Å². The van der Waals surface area contributed by atoms with Crippen LogP contribution in [0.15, 0.2) is 24.6 Å². The maximum atomic E-state index is 16.9. The smallest absolute Gasteiger partial charge is 0.320 e. The van der Waals surface area contributed by atoms with E-state index >= 15 is 8.78 Å². The second kappa shape index (κ2) is 13.7. The summed E-state index contributed by atoms with van der Waals surface area (Å²) in [4.78, 5) is 35.8. The van der Waals surface area contributed by atoms with E-state index in [-0.39, 0.29) is 54.4 Å². The van der Waals surface area contributed by atoms with Crippen LogP contribution in [0.1, 0.15) is 72.1 Å². The number of piperidine rings is 1. The van der Waals surface area contributed by atoms with E-state index in [1.807, 2.05) is 5.01 Å². The largest absolute Gasteiger partial charge is 0.336 e. The Kier molecular flexibility index (Phi) is 9.68. The van der Waals surface area contributed by atoms with E-state index in [0.717, 1.165) is 50.8 Å². The number of carbonyl (C=O) groups excluding carboxylic acids is 2. The fraction of sp³-hybridized carbons (Fsp3) is 0.829. The summed E-state index contributed by atoms with van der Waals surface area (Å²) < 4.78 is 33.2. The van der Waals surface area contributed by atoms with Gasteiger partial charge in [0.05, 0.1) is 24.4 Å². The summed E-state index contributed by atoms with van der Waals surface area (Å²) >= 11 is 0. The second-order valence-corrected chi connectivity index (χ2v) is 15.9. The molecule has 11 nitrogen and oxygen atoms in total. The molecule has 11 unspecified atom stereocenters. The van der Waals surface area contributed by atoms with Gasteiger partial charge in [0, 0.05) is 74.5 Å². The molecule has 48 heavy (non-hydrogen) atoms. The van der Waals surface area contributed by atoms with Crippen LogP contribution >= 0.6 is 0 Å². The minimum absolute atomic E-state index is 0.0431. The maximum absolute atomic E-state index is 16.9. The van der Waals surface area contributed by atoms with Crippen molar-refractivity contribution >= 4 is 11.9 Å². The molecular formula is C35H57F2N9O2. The van der Waals surface area contributed by atoms with Gasteiger partial charge in [0.25, 0.3) is 0 Å². The van der Waals surface area contributed by atoms with Gasteiger partial charge >= 0.3 is 6.03 Å². The lowest BCUT2D eigenvalue weighted by atomic mass is 9.70. The fourth-order valence-corrected chi connectivity index (χ4v) is 10.6. The molecular weight excluding hydrogens is 616 g/mol. The summed E-state index contributed by atoms with van der Waals surface area (Å²) in [7, 11) is 2.18. The molecule has 7 rings (SSSR count). The number of halogens is 2. The van der Waals surface area contributed by atoms with Gasteiger partial charge in [-0.05, 0) is 70.4 Å². The van der Waals surface area contributed by atoms with Crippen molar-refractivity contribution in [3.05, 3.63) is 24.6 Å². The van der Waals surface area contributed by atoms with Crippen LogP contribution in [0.25, 0.3) is 0 Å². The predicted molar refractivity (Wildman–Crippen MR) is 180 cm³/mol. The number of fused-ring (bicyclic) bond motifs is 7. The molecule has 4 N–H and O–H groups in total. The Labute approximate surface area is 284 Å². The van der Waals surface area contributed by atoms with E-state index < -0.39 is 36.6 Å². The highest BCUT2D eigenvalue weighted by Crippen LogP contribution is 2.45. The van der Waals surface area contributed by atoms with Crippen LogP contribution in [-0.4, -0.2) is 125 Å². The first-order valence-corrected chi connectivity index (χ1v) is 18.6. The standard InChI is InChI=1S/C35H57F2N9O2/c1-6-29(47)43-15-16-44(21(4)18-43)33-24-17-26(37)31-30-25(36)10-8-11-27(30)45-19-22(40-41-45)13-14-42(5)28-12-7-9-23(20(2)3)32(28)46(34(24)38-31)35(48)39-33/h6,19-21,23-28,30-34,38,40-41H,1,7-18H2,2-5H3,(H,39,48)/t21-,23?,24?,25?,26?,27?,28?,30?,31?,32?,33?,34?/m0/s1. The monoisotopic (exact) mass is 673 g/mol. The number of hydrogen-bond acceptors (Lipinski definition) is 8. The number of amides is 3. The molecule has 7 aliphatic rings. The van der Waals surface area contributed by atoms with Crippen LogP contribution in [0, 0.1) is 23.7 Å². The van der Waals surface area contributed by atoms with E-state index in [0.29, 0.717) is 32.0 Å². The molecule has 5 heterocycles. The lowest BCUT2D eigenvalue weighted by Crippen LogP contribution is -2.80. The Morgan fingerprint density at radius 1 is 1.04 bits per heavy atom. The first kappa shape index (κ1) is 34.0. The number of nitrogens with zero attached hydrogens (tertiary/aromatic N) is 5. The van der Waals surface area contributed by atoms with Gasteiger partial charge in [0.2, 0.25) is 5.91 Å². The zero-order valence-corrected chi connectivity index (χ0v) is 29.2. The Hall–Kier alpha value is -2.48. The van der Waals surface area contributed by atoms with Crippen molar-refractivity contribution in [1.29, 1.82) is 0 Å². The topological polar surface area (TPSA) is 98.5 Å². The van der Waals surface area contributed by atoms with E-state index in [2.05, 4.69) is 76.9 Å². The zero-order valence-electron chi connectivity index (χ0n) is 29.2. The van der Waals surface area contributed by atoms with Crippen molar-refractivity contribution in [2.75, 3.05) is 33.2 Å². The Bertz CT molecular complexity index is 1250. The summed E-state index contributed by atoms with van der Waals surface area (Å²) in [5.41, 5.74) is 7.66. The molecule has 5 aliphatic heterocycles. The Morgan fingerprint density at radius 2 is 1.81 bits per heavy atom. The molecule has 0 aromatic rings. The minimum Gasteiger partial charge on any atom is -0.336 e. The third-order valence-electron chi connectivity index (χ3n) is 13.0. The van der Waals surface area contributed by atoms with Gasteiger partial charge in [0.1, 0.15) is 12.3 Å². The van der Waals surface area contributed by atoms with Crippen molar-refractivity contribution in [2.45, 2.75) is 127 Å². The average Bonchev–Trinajstić information content (AvgIpc) is 3.55. The van der Waals surface area contributed by atoms with Crippen molar-refractivity contribution < 1.29 is 18.4 Å². The third-order valence-corrected chi connectivity index (χ3v) is 13.0. The van der Waals surface area contributed by atoms with Crippen LogP contribution < -0.4 is 21.6 Å². The molecule has 2 aliphatic carbocycles. The van der Waals surface area contributed by atoms with Gasteiger partial charge in [-0.15, -0.1) is 5.53 Å². The van der Waals surface area contributed by atoms with Crippen molar-refractivity contribution in [3.8, 4) is 0 Å². The maximum Gasteiger partial charge on any atom is 0.320 e. The lowest BCUT2D eigenvalue weighted by molar-refractivity contribution is -0.133. The molecule has 3 amide bonds. The number of carbonyl (C=O) groups is 2. The molecule has 0 radical (unpaired) electrons. The summed E-state index contributed by atoms with van der Waals surface area (Å²) in [5.74, 6) is -0.310. The van der Waals surface area contributed by atoms with Gasteiger partial charge in [-0.25, -0.2) is 13.6 Å². The van der Waals surface area contributed by atoms with Crippen LogP contribution in [-0.2, 0) is 4.79 Å². The number of hydrazine groups is 2. The molecule has 5 fully saturated rings. The predicted octanol–water partition coefficient (Wildman–Crippen LogP) is 2.90. The van der Waals surface area contributed by atoms with Crippen molar-refractivity contribution in [1.82, 2.24) is 46.2 Å². The van der Waals surface area contributed by atoms with Gasteiger partial charge < -0.3 is 25.4 Å². The Morgan fingerprint density at radius 3 is 2.56 bits per heavy atom. The zero-order chi connectivity index (χ0) is 33.9. The van der Waals surface area contributed by atoms with Gasteiger partial charge in [0.15, 0.2) is 0 Å². The first-order valence-electron chi connectivity index (χ1n) is 18.6. The number of hydrogen-bond donors (Lipinski definition) is 4. The van der Waals surface area contributed by atoms with E-state index in [1.54, 1.807) is 4.90 Å². The van der Waals surface area contributed by atoms with Crippen LogP contribution in [0.2, 0.25) is 0 Å². The van der Waals surface area contributed by atoms with Gasteiger partial charge in [-0.2, -0.15) is 0 Å². The number of likely N-dealkylation sites (N-methyl/N-ethyl adjacent to an activating group) is 1. The molecule has 0 spiro atoms. The molecule has 12 atom stereocenters. The van der Waals surface area contributed by atoms with E-state index in [4.69, 9.17) is 0 Å². The molecule has 2 saturated carbocycles. The highest BCUT2D eigenvalue weighted by Gasteiger charge is 2.58. The lowest BCUT2D eigenvalue weighted by Gasteiger charge is -2.60. The number of rotatable bonds is 3. The minimum atomic E-state index is -1.29. The van der Waals surface area contributed by atoms with Gasteiger partial charge in [-0.1, -0.05) is 26.8 Å². The second-order valence-electron chi connectivity index (χ2n) is 15.9. The third kappa shape index (κ3) is 6.00. The molecule has 0 aromatic carbocycles. The van der Waals surface area contributed by atoms with E-state index in [1.165, 1.54) is 6.08 Å². The van der Waals surface area contributed by atoms with Gasteiger partial charge in [-0.3, -0.25) is 20.0 Å². The molecule has 0 aromatic heterocycles. The summed E-state index contributed by atoms with van der Waals surface area (Å²) in [6, 6.07) is -1.08. The molecule has 268 valence electrons. The first-order chi connectivity index (χ1) is 23.1. The number of alkyl halides is 2. The van der Waals surface area contributed by atoms with Crippen molar-refractivity contribution in [3.63, 3.8) is 0 Å². The summed E-state index contributed by atoms with van der Waals surface area (Å²) in [5, 5.41) is 9.12. The van der Waals surface area contributed by atoms with Crippen LogP contribution in [0.4, 0.5) is 13.6 Å². The number of urea groups is 1. The highest BCUT2D eigenvalue weighted by atomic mass is 19.1. The molecule has 4 bridgehead atoms. The summed E-state index contributed by atoms with van der Waals surface area (Å²) in [6.07, 6.45) is 6.17. The number of nitrogens with one attached hydrogen (secondary N) is 4. The fourth-order valence-electron chi connectivity index (χ4n) is 10.6. The number of piperazine rings is 1.